The number of anilines is 3. The van der Waals surface area contributed by atoms with Gasteiger partial charge < -0.3 is 4.90 Å². The Morgan fingerprint density at radius 3 is 2.43 bits per heavy atom. The predicted molar refractivity (Wildman–Crippen MR) is 127 cm³/mol. The lowest BCUT2D eigenvalue weighted by atomic mass is 9.75. The number of rotatable bonds is 1. The Morgan fingerprint density at radius 2 is 1.70 bits per heavy atom. The zero-order valence-corrected chi connectivity index (χ0v) is 19.3. The Labute approximate surface area is 182 Å². The van der Waals surface area contributed by atoms with E-state index in [1.807, 2.05) is 12.1 Å². The highest BCUT2D eigenvalue weighted by molar-refractivity contribution is 7.17. The van der Waals surface area contributed by atoms with E-state index in [0.29, 0.717) is 0 Å². The third-order valence-electron chi connectivity index (χ3n) is 6.56. The third-order valence-corrected chi connectivity index (χ3v) is 11.1. The molecule has 0 atom stereocenters. The van der Waals surface area contributed by atoms with Crippen molar-refractivity contribution in [3.63, 3.8) is 0 Å². The fourth-order valence-electron chi connectivity index (χ4n) is 4.93. The van der Waals surface area contributed by atoms with Crippen LogP contribution in [0.2, 0.25) is 13.1 Å². The van der Waals surface area contributed by atoms with Crippen LogP contribution in [0.3, 0.4) is 0 Å². The monoisotopic (exact) mass is 423 g/mol. The van der Waals surface area contributed by atoms with Crippen molar-refractivity contribution in [2.75, 3.05) is 4.90 Å². The molecule has 0 aliphatic carbocycles. The van der Waals surface area contributed by atoms with Crippen LogP contribution in [0.25, 0.3) is 6.08 Å². The van der Waals surface area contributed by atoms with Gasteiger partial charge in [0.2, 0.25) is 0 Å². The quantitative estimate of drug-likeness (QED) is 0.388. The summed E-state index contributed by atoms with van der Waals surface area (Å²) in [6.45, 7) is 9.44. The maximum Gasteiger partial charge on any atom is 0.131 e. The second kappa shape index (κ2) is 6.19. The van der Waals surface area contributed by atoms with E-state index in [9.17, 15) is 10.5 Å². The molecule has 2 aromatic carbocycles. The van der Waals surface area contributed by atoms with E-state index in [0.717, 1.165) is 4.88 Å². The van der Waals surface area contributed by atoms with Gasteiger partial charge in [0.25, 0.3) is 0 Å². The van der Waals surface area contributed by atoms with E-state index in [2.05, 4.69) is 80.4 Å². The maximum atomic E-state index is 9.22. The smallest absolute Gasteiger partial charge is 0.131 e. The minimum Gasteiger partial charge on any atom is -0.302 e. The van der Waals surface area contributed by atoms with Gasteiger partial charge in [0.15, 0.2) is 0 Å². The topological polar surface area (TPSA) is 50.8 Å². The summed E-state index contributed by atoms with van der Waals surface area (Å²) in [7, 11) is -1.84. The van der Waals surface area contributed by atoms with Crippen LogP contribution in [0.5, 0.6) is 0 Å². The fourth-order valence-corrected chi connectivity index (χ4v) is 9.20. The SMILES string of the molecule is CC1(C)c2cc(C=C(C#N)C#N)sc2N2c3ccccc3[Si](C)(C)c3cccc1c32. The molecule has 0 N–H and O–H groups in total. The molecule has 146 valence electrons. The van der Waals surface area contributed by atoms with Gasteiger partial charge in [-0.3, -0.25) is 0 Å². The van der Waals surface area contributed by atoms with Crippen LogP contribution in [0.1, 0.15) is 29.9 Å². The number of hydrogen-bond donors (Lipinski definition) is 0. The lowest BCUT2D eigenvalue weighted by molar-refractivity contribution is 0.636. The van der Waals surface area contributed by atoms with Gasteiger partial charge in [-0.05, 0) is 39.7 Å². The molecule has 30 heavy (non-hydrogen) atoms. The molecule has 0 spiro atoms. The van der Waals surface area contributed by atoms with Crippen LogP contribution >= 0.6 is 11.3 Å². The van der Waals surface area contributed by atoms with Crippen molar-refractivity contribution in [1.82, 2.24) is 0 Å². The highest BCUT2D eigenvalue weighted by Crippen LogP contribution is 2.55. The van der Waals surface area contributed by atoms with Crippen LogP contribution in [0.4, 0.5) is 16.4 Å². The van der Waals surface area contributed by atoms with E-state index < -0.39 is 8.07 Å². The van der Waals surface area contributed by atoms with Crippen molar-refractivity contribution >= 4 is 52.2 Å². The highest BCUT2D eigenvalue weighted by Gasteiger charge is 2.46. The number of allylic oxidation sites excluding steroid dienone is 1. The van der Waals surface area contributed by atoms with E-state index in [4.69, 9.17) is 0 Å². The minimum atomic E-state index is -1.84. The number of nitriles is 2. The molecule has 3 nitrogen and oxygen atoms in total. The molecule has 0 fully saturated rings. The summed E-state index contributed by atoms with van der Waals surface area (Å²) >= 11 is 1.66. The molecular formula is C25H21N3SSi. The molecule has 0 amide bonds. The Balaban J connectivity index is 1.87. The zero-order valence-electron chi connectivity index (χ0n) is 17.4. The van der Waals surface area contributed by atoms with E-state index in [-0.39, 0.29) is 11.0 Å². The molecule has 5 heteroatoms. The average molecular weight is 424 g/mol. The van der Waals surface area contributed by atoms with E-state index in [1.54, 1.807) is 17.4 Å². The van der Waals surface area contributed by atoms with Gasteiger partial charge in [-0.1, -0.05) is 63.3 Å². The molecule has 0 bridgehead atoms. The van der Waals surface area contributed by atoms with Crippen molar-refractivity contribution in [2.24, 2.45) is 0 Å². The normalized spacial score (nSPS) is 16.4. The van der Waals surface area contributed by atoms with Crippen molar-refractivity contribution in [3.8, 4) is 12.1 Å². The van der Waals surface area contributed by atoms with Gasteiger partial charge in [-0.2, -0.15) is 10.5 Å². The number of fused-ring (bicyclic) bond motifs is 4. The Kier molecular flexibility index (Phi) is 3.89. The van der Waals surface area contributed by atoms with Crippen LogP contribution in [0, 0.1) is 22.7 Å². The first-order valence-electron chi connectivity index (χ1n) is 10.0. The van der Waals surface area contributed by atoms with Gasteiger partial charge in [0.05, 0.1) is 5.69 Å². The lowest BCUT2D eigenvalue weighted by Crippen LogP contribution is -2.59. The number of benzene rings is 2. The summed E-state index contributed by atoms with van der Waals surface area (Å²) in [5, 5.41) is 22.6. The highest BCUT2D eigenvalue weighted by atomic mass is 32.1. The van der Waals surface area contributed by atoms with Gasteiger partial charge in [-0.15, -0.1) is 11.3 Å². The second-order valence-corrected chi connectivity index (χ2v) is 14.3. The molecular weight excluding hydrogens is 402 g/mol. The summed E-state index contributed by atoms with van der Waals surface area (Å²) in [5.74, 6) is 0. The van der Waals surface area contributed by atoms with Gasteiger partial charge in [0, 0.05) is 16.0 Å². The van der Waals surface area contributed by atoms with Crippen LogP contribution in [-0.4, -0.2) is 8.07 Å². The summed E-state index contributed by atoms with van der Waals surface area (Å²) in [6.07, 6.45) is 1.71. The second-order valence-electron chi connectivity index (χ2n) is 8.95. The van der Waals surface area contributed by atoms with Gasteiger partial charge in [-0.25, -0.2) is 0 Å². The summed E-state index contributed by atoms with van der Waals surface area (Å²) in [4.78, 5) is 3.37. The van der Waals surface area contributed by atoms with Gasteiger partial charge >= 0.3 is 0 Å². The van der Waals surface area contributed by atoms with E-state index >= 15 is 0 Å². The molecule has 1 aromatic heterocycles. The minimum absolute atomic E-state index is 0.136. The summed E-state index contributed by atoms with van der Waals surface area (Å²) in [6, 6.07) is 21.7. The van der Waals surface area contributed by atoms with Crippen molar-refractivity contribution in [3.05, 3.63) is 70.1 Å². The predicted octanol–water partition coefficient (Wildman–Crippen LogP) is 5.42. The van der Waals surface area contributed by atoms with Crippen molar-refractivity contribution in [1.29, 1.82) is 10.5 Å². The first kappa shape index (κ1) is 18.9. The largest absolute Gasteiger partial charge is 0.302 e. The van der Waals surface area contributed by atoms with Crippen molar-refractivity contribution in [2.45, 2.75) is 32.4 Å². The van der Waals surface area contributed by atoms with E-state index in [1.165, 1.54) is 37.9 Å². The standard InChI is InChI=1S/C25H21N3SSi/c1-25(2)18-8-7-11-22-23(18)28(20-9-5-6-10-21(20)30(22,3)4)24-19(25)13-17(29-24)12-16(14-26)15-27/h5-13H,1-4H3. The number of para-hydroxylation sites is 2. The Hall–Kier alpha value is -3.12. The first-order valence-corrected chi connectivity index (χ1v) is 13.8. The summed E-state index contributed by atoms with van der Waals surface area (Å²) in [5.41, 5.74) is 5.17. The summed E-state index contributed by atoms with van der Waals surface area (Å²) < 4.78 is 0. The van der Waals surface area contributed by atoms with Crippen LogP contribution in [0.15, 0.2) is 54.1 Å². The van der Waals surface area contributed by atoms with Crippen LogP contribution in [-0.2, 0) is 5.41 Å². The molecule has 0 unspecified atom stereocenters. The molecule has 2 aliphatic rings. The third kappa shape index (κ3) is 2.34. The lowest BCUT2D eigenvalue weighted by Gasteiger charge is -2.47. The molecule has 0 radical (unpaired) electrons. The molecule has 5 rings (SSSR count). The molecule has 3 heterocycles. The van der Waals surface area contributed by atoms with Gasteiger partial charge in [0.1, 0.15) is 30.8 Å². The molecule has 2 aliphatic heterocycles. The zero-order chi connectivity index (χ0) is 21.3. The Bertz CT molecular complexity index is 1320. The molecule has 3 aromatic rings. The van der Waals surface area contributed by atoms with Crippen LogP contribution < -0.4 is 15.3 Å². The number of thiophene rings is 1. The average Bonchev–Trinajstić information content (AvgIpc) is 3.16. The maximum absolute atomic E-state index is 9.22. The van der Waals surface area contributed by atoms with Crippen molar-refractivity contribution < 1.29 is 0 Å². The number of nitrogens with zero attached hydrogens (tertiary/aromatic N) is 3. The fraction of sp³-hybridized carbons (Fsp3) is 0.200. The molecule has 0 saturated heterocycles. The molecule has 0 saturated carbocycles. The number of hydrogen-bond acceptors (Lipinski definition) is 4. The first-order chi connectivity index (χ1) is 14.3. The Morgan fingerprint density at radius 1 is 1.00 bits per heavy atom.